The molecule has 0 spiro atoms. The van der Waals surface area contributed by atoms with Gasteiger partial charge in [0.05, 0.1) is 0 Å². The molecule has 1 atom stereocenters. The summed E-state index contributed by atoms with van der Waals surface area (Å²) in [4.78, 5) is 0. The fourth-order valence-electron chi connectivity index (χ4n) is 0.755. The molecule has 2 nitrogen and oxygen atoms in total. The van der Waals surface area contributed by atoms with Crippen LogP contribution in [0.2, 0.25) is 0 Å². The average Bonchev–Trinajstić information content (AvgIpc) is 1.89. The second-order valence-corrected chi connectivity index (χ2v) is 2.63. The maximum Gasteiger partial charge on any atom is -0.00515 e. The molecule has 0 aromatic heterocycles. The van der Waals surface area contributed by atoms with Crippen molar-refractivity contribution >= 4 is 0 Å². The summed E-state index contributed by atoms with van der Waals surface area (Å²) in [6.07, 6.45) is 3.60. The lowest BCUT2D eigenvalue weighted by Crippen LogP contribution is -2.10. The van der Waals surface area contributed by atoms with E-state index in [1.807, 2.05) is 0 Å². The molecule has 0 fully saturated rings. The molecule has 0 aromatic carbocycles. The van der Waals surface area contributed by atoms with Crippen molar-refractivity contribution in [3.63, 3.8) is 0 Å². The molecule has 0 aromatic rings. The van der Waals surface area contributed by atoms with Gasteiger partial charge in [-0.05, 0) is 31.8 Å². The Balaban J connectivity index is 2.88. The third-order valence-corrected chi connectivity index (χ3v) is 1.55. The first kappa shape index (κ1) is 8.92. The van der Waals surface area contributed by atoms with Crippen LogP contribution in [0.25, 0.3) is 0 Å². The summed E-state index contributed by atoms with van der Waals surface area (Å²) < 4.78 is 0. The molecule has 0 amide bonds. The van der Waals surface area contributed by atoms with Gasteiger partial charge in [-0.15, -0.1) is 0 Å². The molecular weight excluding hydrogens is 112 g/mol. The predicted molar refractivity (Wildman–Crippen MR) is 41.1 cm³/mol. The predicted octanol–water partition coefficient (Wildman–Crippen LogP) is 0.710. The summed E-state index contributed by atoms with van der Waals surface area (Å²) in [7, 11) is 0. The minimum Gasteiger partial charge on any atom is -0.330 e. The van der Waals surface area contributed by atoms with Gasteiger partial charge in [-0.2, -0.15) is 0 Å². The van der Waals surface area contributed by atoms with Crippen molar-refractivity contribution in [3.05, 3.63) is 0 Å². The van der Waals surface area contributed by atoms with Gasteiger partial charge in [-0.25, -0.2) is 0 Å². The normalized spacial score (nSPS) is 13.7. The summed E-state index contributed by atoms with van der Waals surface area (Å²) in [5.41, 5.74) is 10.7. The van der Waals surface area contributed by atoms with E-state index >= 15 is 0 Å². The van der Waals surface area contributed by atoms with Crippen molar-refractivity contribution in [1.29, 1.82) is 0 Å². The summed E-state index contributed by atoms with van der Waals surface area (Å²) in [6, 6.07) is 0. The van der Waals surface area contributed by atoms with Crippen LogP contribution in [0, 0.1) is 5.92 Å². The number of unbranched alkanes of at least 4 members (excludes halogenated alkanes) is 1. The smallest absolute Gasteiger partial charge is 0.00515 e. The SMILES string of the molecule is C[C@H](CN)CCCCN. The van der Waals surface area contributed by atoms with Crippen molar-refractivity contribution in [2.24, 2.45) is 17.4 Å². The molecule has 2 heteroatoms. The fourth-order valence-corrected chi connectivity index (χ4v) is 0.755. The van der Waals surface area contributed by atoms with Gasteiger partial charge in [-0.1, -0.05) is 13.3 Å². The Morgan fingerprint density at radius 2 is 1.89 bits per heavy atom. The number of hydrogen-bond acceptors (Lipinski definition) is 2. The van der Waals surface area contributed by atoms with E-state index in [4.69, 9.17) is 11.5 Å². The van der Waals surface area contributed by atoms with E-state index in [0.29, 0.717) is 5.92 Å². The van der Waals surface area contributed by atoms with Gasteiger partial charge in [0.25, 0.3) is 0 Å². The minimum atomic E-state index is 0.677. The first-order valence-electron chi connectivity index (χ1n) is 3.71. The van der Waals surface area contributed by atoms with Crippen molar-refractivity contribution in [2.75, 3.05) is 13.1 Å². The molecule has 0 aliphatic carbocycles. The van der Waals surface area contributed by atoms with Crippen LogP contribution in [0.1, 0.15) is 26.2 Å². The zero-order valence-electron chi connectivity index (χ0n) is 6.27. The van der Waals surface area contributed by atoms with Gasteiger partial charge in [0.1, 0.15) is 0 Å². The Kier molecular flexibility index (Phi) is 5.99. The molecule has 4 N–H and O–H groups in total. The third kappa shape index (κ3) is 5.80. The highest BCUT2D eigenvalue weighted by Crippen LogP contribution is 2.04. The van der Waals surface area contributed by atoms with Gasteiger partial charge in [0.2, 0.25) is 0 Å². The van der Waals surface area contributed by atoms with Gasteiger partial charge in [0.15, 0.2) is 0 Å². The van der Waals surface area contributed by atoms with E-state index in [2.05, 4.69) is 6.92 Å². The molecule has 0 unspecified atom stereocenters. The standard InChI is InChI=1S/C7H18N2/c1-7(6-9)4-2-3-5-8/h7H,2-6,8-9H2,1H3/t7-/m0/s1. The quantitative estimate of drug-likeness (QED) is 0.538. The minimum absolute atomic E-state index is 0.677. The lowest BCUT2D eigenvalue weighted by atomic mass is 10.0. The molecule has 0 heterocycles. The Morgan fingerprint density at radius 3 is 2.33 bits per heavy atom. The van der Waals surface area contributed by atoms with Crippen LogP contribution < -0.4 is 11.5 Å². The van der Waals surface area contributed by atoms with Gasteiger partial charge in [-0.3, -0.25) is 0 Å². The molecule has 0 rings (SSSR count). The molecule has 0 bridgehead atoms. The van der Waals surface area contributed by atoms with Crippen molar-refractivity contribution < 1.29 is 0 Å². The van der Waals surface area contributed by atoms with Crippen LogP contribution >= 0.6 is 0 Å². The van der Waals surface area contributed by atoms with E-state index in [9.17, 15) is 0 Å². The zero-order valence-corrected chi connectivity index (χ0v) is 6.27. The van der Waals surface area contributed by atoms with E-state index < -0.39 is 0 Å². The lowest BCUT2D eigenvalue weighted by Gasteiger charge is -2.05. The fraction of sp³-hybridized carbons (Fsp3) is 1.00. The van der Waals surface area contributed by atoms with Crippen LogP contribution in [-0.2, 0) is 0 Å². The van der Waals surface area contributed by atoms with Crippen LogP contribution in [-0.4, -0.2) is 13.1 Å². The summed E-state index contributed by atoms with van der Waals surface area (Å²) in [5, 5.41) is 0. The second-order valence-electron chi connectivity index (χ2n) is 2.63. The number of rotatable bonds is 5. The van der Waals surface area contributed by atoms with Gasteiger partial charge < -0.3 is 11.5 Å². The van der Waals surface area contributed by atoms with Gasteiger partial charge in [0, 0.05) is 0 Å². The average molecular weight is 130 g/mol. The third-order valence-electron chi connectivity index (χ3n) is 1.55. The van der Waals surface area contributed by atoms with E-state index in [0.717, 1.165) is 19.5 Å². The van der Waals surface area contributed by atoms with Gasteiger partial charge >= 0.3 is 0 Å². The number of hydrogen-bond donors (Lipinski definition) is 2. The Labute approximate surface area is 57.6 Å². The first-order chi connectivity index (χ1) is 4.31. The molecule has 0 saturated carbocycles. The Hall–Kier alpha value is -0.0800. The van der Waals surface area contributed by atoms with Crippen molar-refractivity contribution in [2.45, 2.75) is 26.2 Å². The highest BCUT2D eigenvalue weighted by atomic mass is 14.5. The topological polar surface area (TPSA) is 52.0 Å². The number of nitrogens with two attached hydrogens (primary N) is 2. The molecule has 0 aliphatic rings. The van der Waals surface area contributed by atoms with E-state index in [-0.39, 0.29) is 0 Å². The zero-order chi connectivity index (χ0) is 7.11. The maximum atomic E-state index is 5.42. The maximum absolute atomic E-state index is 5.42. The largest absolute Gasteiger partial charge is 0.330 e. The highest BCUT2D eigenvalue weighted by Gasteiger charge is 1.96. The first-order valence-corrected chi connectivity index (χ1v) is 3.71. The van der Waals surface area contributed by atoms with Crippen molar-refractivity contribution in [3.8, 4) is 0 Å². The van der Waals surface area contributed by atoms with Crippen LogP contribution in [0.15, 0.2) is 0 Å². The molecule has 9 heavy (non-hydrogen) atoms. The Bertz CT molecular complexity index is 54.9. The lowest BCUT2D eigenvalue weighted by molar-refractivity contribution is 0.510. The molecule has 56 valence electrons. The van der Waals surface area contributed by atoms with Crippen LogP contribution in [0.3, 0.4) is 0 Å². The van der Waals surface area contributed by atoms with Crippen molar-refractivity contribution in [1.82, 2.24) is 0 Å². The second kappa shape index (κ2) is 6.05. The summed E-state index contributed by atoms with van der Waals surface area (Å²) in [6.45, 7) is 3.80. The van der Waals surface area contributed by atoms with Crippen LogP contribution in [0.5, 0.6) is 0 Å². The summed E-state index contributed by atoms with van der Waals surface area (Å²) in [5.74, 6) is 0.677. The molecule has 0 radical (unpaired) electrons. The molecule has 0 saturated heterocycles. The Morgan fingerprint density at radius 1 is 1.22 bits per heavy atom. The molecular formula is C7H18N2. The molecule has 0 aliphatic heterocycles. The highest BCUT2D eigenvalue weighted by molar-refractivity contribution is 4.52. The van der Waals surface area contributed by atoms with Crippen LogP contribution in [0.4, 0.5) is 0 Å². The summed E-state index contributed by atoms with van der Waals surface area (Å²) >= 11 is 0. The van der Waals surface area contributed by atoms with E-state index in [1.54, 1.807) is 0 Å². The monoisotopic (exact) mass is 130 g/mol. The van der Waals surface area contributed by atoms with E-state index in [1.165, 1.54) is 12.8 Å².